The van der Waals surface area contributed by atoms with Crippen LogP contribution in [0.1, 0.15) is 27.7 Å². The Labute approximate surface area is 187 Å². The lowest BCUT2D eigenvalue weighted by Crippen LogP contribution is -2.26. The maximum absolute atomic E-state index is 12.6. The highest BCUT2D eigenvalue weighted by molar-refractivity contribution is 7.89. The molecule has 1 aliphatic heterocycles. The number of hydrogen-bond donors (Lipinski definition) is 2. The SMILES string of the molecule is CCN1CCc2ccc(NC(=O)c3ccc(S(=O)(=O)NCCc4cccs4)cc3)cc21. The van der Waals surface area contributed by atoms with Gasteiger partial charge in [-0.2, -0.15) is 0 Å². The molecule has 0 radical (unpaired) electrons. The summed E-state index contributed by atoms with van der Waals surface area (Å²) in [5, 5.41) is 4.88. The molecule has 0 bridgehead atoms. The minimum absolute atomic E-state index is 0.145. The number of benzene rings is 2. The summed E-state index contributed by atoms with van der Waals surface area (Å²) in [5.74, 6) is -0.268. The largest absolute Gasteiger partial charge is 0.371 e. The standard InChI is InChI=1S/C23H25N3O3S2/c1-2-26-14-12-17-5-8-19(16-22(17)26)25-23(27)18-6-9-21(10-7-18)31(28,29)24-13-11-20-4-3-15-30-20/h3-10,15-16,24H,2,11-14H2,1H3,(H,25,27). The number of hydrogen-bond acceptors (Lipinski definition) is 5. The quantitative estimate of drug-likeness (QED) is 0.540. The van der Waals surface area contributed by atoms with Gasteiger partial charge in [0.2, 0.25) is 10.0 Å². The minimum Gasteiger partial charge on any atom is -0.371 e. The Hall–Kier alpha value is -2.68. The van der Waals surface area contributed by atoms with Crippen LogP contribution < -0.4 is 14.9 Å². The van der Waals surface area contributed by atoms with E-state index in [-0.39, 0.29) is 10.8 Å². The van der Waals surface area contributed by atoms with Crippen LogP contribution in [0.5, 0.6) is 0 Å². The lowest BCUT2D eigenvalue weighted by atomic mass is 10.1. The molecule has 0 spiro atoms. The maximum Gasteiger partial charge on any atom is 0.255 e. The molecule has 2 heterocycles. The predicted octanol–water partition coefficient (Wildman–Crippen LogP) is 3.90. The molecule has 1 aliphatic rings. The van der Waals surface area contributed by atoms with E-state index in [1.807, 2.05) is 29.6 Å². The van der Waals surface area contributed by atoms with Crippen molar-refractivity contribution in [2.75, 3.05) is 29.9 Å². The van der Waals surface area contributed by atoms with Gasteiger partial charge >= 0.3 is 0 Å². The van der Waals surface area contributed by atoms with Crippen LogP contribution in [0.2, 0.25) is 0 Å². The average molecular weight is 456 g/mol. The fourth-order valence-electron chi connectivity index (χ4n) is 3.69. The van der Waals surface area contributed by atoms with E-state index in [1.54, 1.807) is 11.3 Å². The summed E-state index contributed by atoms with van der Waals surface area (Å²) >= 11 is 1.60. The summed E-state index contributed by atoms with van der Waals surface area (Å²) in [6.45, 7) is 4.38. The number of likely N-dealkylation sites (N-methyl/N-ethyl adjacent to an activating group) is 1. The minimum atomic E-state index is -3.61. The summed E-state index contributed by atoms with van der Waals surface area (Å²) in [7, 11) is -3.61. The van der Waals surface area contributed by atoms with Gasteiger partial charge in [-0.15, -0.1) is 11.3 Å². The second-order valence-electron chi connectivity index (χ2n) is 7.38. The van der Waals surface area contributed by atoms with Gasteiger partial charge in [-0.05, 0) is 73.2 Å². The van der Waals surface area contributed by atoms with Crippen molar-refractivity contribution in [3.05, 3.63) is 76.0 Å². The molecule has 0 saturated heterocycles. The van der Waals surface area contributed by atoms with E-state index in [1.165, 1.54) is 29.8 Å². The van der Waals surface area contributed by atoms with E-state index in [0.29, 0.717) is 18.5 Å². The first kappa shape index (κ1) is 21.5. The number of anilines is 2. The third-order valence-electron chi connectivity index (χ3n) is 5.39. The van der Waals surface area contributed by atoms with Crippen LogP contribution >= 0.6 is 11.3 Å². The summed E-state index contributed by atoms with van der Waals surface area (Å²) in [6.07, 6.45) is 1.67. The monoisotopic (exact) mass is 455 g/mol. The molecule has 6 nitrogen and oxygen atoms in total. The van der Waals surface area contributed by atoms with Crippen LogP contribution in [0, 0.1) is 0 Å². The zero-order valence-corrected chi connectivity index (χ0v) is 18.9. The highest BCUT2D eigenvalue weighted by atomic mass is 32.2. The zero-order valence-electron chi connectivity index (χ0n) is 17.3. The predicted molar refractivity (Wildman–Crippen MR) is 126 cm³/mol. The van der Waals surface area contributed by atoms with Gasteiger partial charge < -0.3 is 10.2 Å². The van der Waals surface area contributed by atoms with Crippen molar-refractivity contribution >= 4 is 38.6 Å². The van der Waals surface area contributed by atoms with Crippen LogP contribution in [-0.2, 0) is 22.9 Å². The highest BCUT2D eigenvalue weighted by Crippen LogP contribution is 2.30. The lowest BCUT2D eigenvalue weighted by molar-refractivity contribution is 0.102. The van der Waals surface area contributed by atoms with Crippen molar-refractivity contribution in [3.63, 3.8) is 0 Å². The topological polar surface area (TPSA) is 78.5 Å². The Bertz CT molecular complexity index is 1160. The lowest BCUT2D eigenvalue weighted by Gasteiger charge is -2.17. The van der Waals surface area contributed by atoms with Crippen LogP contribution in [-0.4, -0.2) is 34.0 Å². The summed E-state index contributed by atoms with van der Waals surface area (Å²) in [4.78, 5) is 16.2. The van der Waals surface area contributed by atoms with Crippen LogP contribution in [0.15, 0.2) is 64.9 Å². The van der Waals surface area contributed by atoms with E-state index >= 15 is 0 Å². The van der Waals surface area contributed by atoms with Gasteiger partial charge in [0.05, 0.1) is 4.90 Å². The van der Waals surface area contributed by atoms with Gasteiger partial charge in [-0.3, -0.25) is 4.79 Å². The van der Waals surface area contributed by atoms with Crippen molar-refractivity contribution in [1.29, 1.82) is 0 Å². The van der Waals surface area contributed by atoms with Crippen molar-refractivity contribution < 1.29 is 13.2 Å². The first-order valence-corrected chi connectivity index (χ1v) is 12.6. The Morgan fingerprint density at radius 2 is 1.94 bits per heavy atom. The molecular weight excluding hydrogens is 430 g/mol. The van der Waals surface area contributed by atoms with Crippen molar-refractivity contribution in [3.8, 4) is 0 Å². The molecule has 4 rings (SSSR count). The number of nitrogens with one attached hydrogen (secondary N) is 2. The Balaban J connectivity index is 1.39. The fraction of sp³-hybridized carbons (Fsp3) is 0.261. The smallest absolute Gasteiger partial charge is 0.255 e. The molecule has 2 aromatic carbocycles. The summed E-state index contributed by atoms with van der Waals surface area (Å²) < 4.78 is 27.6. The third kappa shape index (κ3) is 4.98. The van der Waals surface area contributed by atoms with Gasteiger partial charge in [0, 0.05) is 41.4 Å². The number of sulfonamides is 1. The molecule has 1 aromatic heterocycles. The Kier molecular flexibility index (Phi) is 6.41. The normalized spacial score (nSPS) is 13.3. The molecule has 1 amide bonds. The second-order valence-corrected chi connectivity index (χ2v) is 10.2. The number of amides is 1. The van der Waals surface area contributed by atoms with E-state index in [4.69, 9.17) is 0 Å². The molecule has 0 atom stereocenters. The molecule has 2 N–H and O–H groups in total. The number of carbonyl (C=O) groups excluding carboxylic acids is 1. The number of fused-ring (bicyclic) bond motifs is 1. The molecule has 8 heteroatoms. The molecule has 162 valence electrons. The average Bonchev–Trinajstić information content (AvgIpc) is 3.43. The van der Waals surface area contributed by atoms with Crippen LogP contribution in [0.3, 0.4) is 0 Å². The van der Waals surface area contributed by atoms with Gasteiger partial charge in [-0.1, -0.05) is 12.1 Å². The third-order valence-corrected chi connectivity index (χ3v) is 7.80. The maximum atomic E-state index is 12.6. The van der Waals surface area contributed by atoms with Gasteiger partial charge in [0.25, 0.3) is 5.91 Å². The summed E-state index contributed by atoms with van der Waals surface area (Å²) in [5.41, 5.74) is 3.60. The van der Waals surface area contributed by atoms with Gasteiger partial charge in [0.15, 0.2) is 0 Å². The highest BCUT2D eigenvalue weighted by Gasteiger charge is 2.19. The first-order valence-electron chi connectivity index (χ1n) is 10.3. The zero-order chi connectivity index (χ0) is 21.8. The van der Waals surface area contributed by atoms with Crippen LogP contribution in [0.4, 0.5) is 11.4 Å². The summed E-state index contributed by atoms with van der Waals surface area (Å²) in [6, 6.07) is 15.9. The fourth-order valence-corrected chi connectivity index (χ4v) is 5.43. The van der Waals surface area contributed by atoms with Crippen molar-refractivity contribution in [1.82, 2.24) is 4.72 Å². The molecule has 0 unspecified atom stereocenters. The molecule has 31 heavy (non-hydrogen) atoms. The van der Waals surface area contributed by atoms with Gasteiger partial charge in [-0.25, -0.2) is 13.1 Å². The molecule has 0 saturated carbocycles. The van der Waals surface area contributed by atoms with E-state index < -0.39 is 10.0 Å². The number of rotatable bonds is 8. The Morgan fingerprint density at radius 1 is 1.13 bits per heavy atom. The van der Waals surface area contributed by atoms with E-state index in [2.05, 4.69) is 27.9 Å². The van der Waals surface area contributed by atoms with E-state index in [0.717, 1.165) is 35.8 Å². The van der Waals surface area contributed by atoms with E-state index in [9.17, 15) is 13.2 Å². The molecular formula is C23H25N3O3S2. The van der Waals surface area contributed by atoms with Crippen LogP contribution in [0.25, 0.3) is 0 Å². The number of nitrogens with zero attached hydrogens (tertiary/aromatic N) is 1. The number of thiophene rings is 1. The first-order chi connectivity index (χ1) is 15.0. The van der Waals surface area contributed by atoms with Crippen molar-refractivity contribution in [2.24, 2.45) is 0 Å². The second kappa shape index (κ2) is 9.21. The molecule has 0 aliphatic carbocycles. The molecule has 0 fully saturated rings. The Morgan fingerprint density at radius 3 is 2.65 bits per heavy atom. The van der Waals surface area contributed by atoms with Crippen molar-refractivity contribution in [2.45, 2.75) is 24.7 Å². The van der Waals surface area contributed by atoms with Gasteiger partial charge in [0.1, 0.15) is 0 Å². The molecule has 3 aromatic rings. The number of carbonyl (C=O) groups is 1.